The van der Waals surface area contributed by atoms with Gasteiger partial charge in [0.15, 0.2) is 0 Å². The molecule has 7 nitrogen and oxygen atoms in total. The summed E-state index contributed by atoms with van der Waals surface area (Å²) in [6, 6.07) is 3.09. The molecule has 0 saturated heterocycles. The molecule has 20 heavy (non-hydrogen) atoms. The number of urea groups is 1. The minimum atomic E-state index is -1.20. The highest BCUT2D eigenvalue weighted by molar-refractivity contribution is 9.10. The van der Waals surface area contributed by atoms with Gasteiger partial charge in [-0.05, 0) is 34.1 Å². The van der Waals surface area contributed by atoms with Crippen LogP contribution >= 0.6 is 15.9 Å². The first-order chi connectivity index (χ1) is 9.47. The van der Waals surface area contributed by atoms with E-state index in [1.807, 2.05) is 0 Å². The molecule has 0 aliphatic heterocycles. The van der Waals surface area contributed by atoms with Crippen LogP contribution in [0.25, 0.3) is 0 Å². The Bertz CT molecular complexity index is 495. The fourth-order valence-electron chi connectivity index (χ4n) is 1.46. The lowest BCUT2D eigenvalue weighted by Gasteiger charge is -2.14. The molecule has 8 heteroatoms. The maximum atomic E-state index is 11.7. The minimum Gasteiger partial charge on any atom is -0.496 e. The number of aliphatic hydroxyl groups is 1. The molecule has 1 rings (SSSR count). The molecule has 0 heterocycles. The highest BCUT2D eigenvalue weighted by Gasteiger charge is 2.19. The molecule has 0 aromatic heterocycles. The minimum absolute atomic E-state index is 0.0605. The number of anilines is 1. The third-order valence-electron chi connectivity index (χ3n) is 2.43. The molecule has 0 aliphatic rings. The van der Waals surface area contributed by atoms with Crippen LogP contribution in [-0.2, 0) is 4.79 Å². The lowest BCUT2D eigenvalue weighted by atomic mass is 10.2. The number of benzene rings is 1. The van der Waals surface area contributed by atoms with E-state index in [0.29, 0.717) is 15.9 Å². The highest BCUT2D eigenvalue weighted by atomic mass is 79.9. The first kappa shape index (κ1) is 16.3. The van der Waals surface area contributed by atoms with E-state index in [4.69, 9.17) is 14.9 Å². The van der Waals surface area contributed by atoms with Gasteiger partial charge in [0.05, 0.1) is 11.6 Å². The van der Waals surface area contributed by atoms with Crippen LogP contribution in [0.5, 0.6) is 5.75 Å². The van der Waals surface area contributed by atoms with E-state index in [1.165, 1.54) is 7.11 Å². The highest BCUT2D eigenvalue weighted by Crippen LogP contribution is 2.27. The zero-order chi connectivity index (χ0) is 15.1. The van der Waals surface area contributed by atoms with Crippen molar-refractivity contribution in [2.45, 2.75) is 12.5 Å². The number of carbonyl (C=O) groups is 2. The van der Waals surface area contributed by atoms with Crippen LogP contribution in [0.3, 0.4) is 0 Å². The van der Waals surface area contributed by atoms with Crippen LogP contribution < -0.4 is 15.4 Å². The van der Waals surface area contributed by atoms with E-state index >= 15 is 0 Å². The molecule has 1 unspecified atom stereocenters. The van der Waals surface area contributed by atoms with Crippen LogP contribution in [-0.4, -0.2) is 42.0 Å². The van der Waals surface area contributed by atoms with E-state index in [9.17, 15) is 9.59 Å². The van der Waals surface area contributed by atoms with Crippen LogP contribution in [0, 0.1) is 0 Å². The van der Waals surface area contributed by atoms with Gasteiger partial charge in [-0.2, -0.15) is 0 Å². The SMILES string of the molecule is COc1ccc(NC(=O)NC(CCO)C(=O)O)cc1Br. The van der Waals surface area contributed by atoms with E-state index in [-0.39, 0.29) is 13.0 Å². The number of rotatable bonds is 6. The van der Waals surface area contributed by atoms with Gasteiger partial charge in [0.2, 0.25) is 0 Å². The van der Waals surface area contributed by atoms with Gasteiger partial charge >= 0.3 is 12.0 Å². The molecule has 0 bridgehead atoms. The van der Waals surface area contributed by atoms with Crippen molar-refractivity contribution in [3.8, 4) is 5.75 Å². The van der Waals surface area contributed by atoms with Crippen LogP contribution in [0.1, 0.15) is 6.42 Å². The van der Waals surface area contributed by atoms with E-state index in [1.54, 1.807) is 18.2 Å². The summed E-state index contributed by atoms with van der Waals surface area (Å²) < 4.78 is 5.71. The number of amides is 2. The van der Waals surface area contributed by atoms with Crippen LogP contribution in [0.4, 0.5) is 10.5 Å². The van der Waals surface area contributed by atoms with Gasteiger partial charge in [-0.3, -0.25) is 0 Å². The maximum absolute atomic E-state index is 11.7. The summed E-state index contributed by atoms with van der Waals surface area (Å²) in [6.45, 7) is -0.328. The van der Waals surface area contributed by atoms with Crippen molar-refractivity contribution in [1.29, 1.82) is 0 Å². The summed E-state index contributed by atoms with van der Waals surface area (Å²) in [5.41, 5.74) is 0.475. The van der Waals surface area contributed by atoms with E-state index in [0.717, 1.165) is 0 Å². The van der Waals surface area contributed by atoms with Gasteiger partial charge in [-0.1, -0.05) is 0 Å². The quantitative estimate of drug-likeness (QED) is 0.622. The number of halogens is 1. The van der Waals surface area contributed by atoms with Crippen LogP contribution in [0.15, 0.2) is 22.7 Å². The number of aliphatic carboxylic acids is 1. The molecule has 0 aliphatic carbocycles. The number of methoxy groups -OCH3 is 1. The van der Waals surface area contributed by atoms with Crippen molar-refractivity contribution in [2.24, 2.45) is 0 Å². The molecule has 0 fully saturated rings. The molecule has 1 atom stereocenters. The molecule has 1 aromatic rings. The Balaban J connectivity index is 2.66. The van der Waals surface area contributed by atoms with E-state index < -0.39 is 18.0 Å². The lowest BCUT2D eigenvalue weighted by molar-refractivity contribution is -0.139. The second-order valence-electron chi connectivity index (χ2n) is 3.85. The first-order valence-electron chi connectivity index (χ1n) is 5.72. The molecular weight excluding hydrogens is 332 g/mol. The van der Waals surface area contributed by atoms with Gasteiger partial charge in [0.25, 0.3) is 0 Å². The van der Waals surface area contributed by atoms with Gasteiger partial charge < -0.3 is 25.6 Å². The van der Waals surface area contributed by atoms with Gasteiger partial charge in [0.1, 0.15) is 11.8 Å². The number of carboxylic acid groups (broad SMARTS) is 1. The molecule has 0 saturated carbocycles. The summed E-state index contributed by atoms with van der Waals surface area (Å²) in [5.74, 6) is -0.593. The summed E-state index contributed by atoms with van der Waals surface area (Å²) in [4.78, 5) is 22.5. The topological polar surface area (TPSA) is 108 Å². The summed E-state index contributed by atoms with van der Waals surface area (Å²) in [7, 11) is 1.52. The Kier molecular flexibility index (Phi) is 6.26. The molecule has 0 radical (unpaired) electrons. The van der Waals surface area contributed by atoms with Crippen molar-refractivity contribution >= 4 is 33.6 Å². The van der Waals surface area contributed by atoms with Crippen molar-refractivity contribution in [2.75, 3.05) is 19.0 Å². The zero-order valence-electron chi connectivity index (χ0n) is 10.7. The zero-order valence-corrected chi connectivity index (χ0v) is 12.3. The average Bonchev–Trinajstić information content (AvgIpc) is 2.38. The second kappa shape index (κ2) is 7.71. The van der Waals surface area contributed by atoms with Crippen LogP contribution in [0.2, 0.25) is 0 Å². The summed E-state index contributed by atoms with van der Waals surface area (Å²) in [6.07, 6.45) is -0.0605. The van der Waals surface area contributed by atoms with Crippen molar-refractivity contribution in [1.82, 2.24) is 5.32 Å². The fourth-order valence-corrected chi connectivity index (χ4v) is 2.00. The molecule has 0 spiro atoms. The number of nitrogens with one attached hydrogen (secondary N) is 2. The van der Waals surface area contributed by atoms with E-state index in [2.05, 4.69) is 26.6 Å². The van der Waals surface area contributed by atoms with Crippen molar-refractivity contribution < 1.29 is 24.5 Å². The number of carbonyl (C=O) groups excluding carboxylic acids is 1. The Morgan fingerprint density at radius 3 is 2.65 bits per heavy atom. The number of hydrogen-bond donors (Lipinski definition) is 4. The Hall–Kier alpha value is -1.80. The maximum Gasteiger partial charge on any atom is 0.326 e. The summed E-state index contributed by atoms with van der Waals surface area (Å²) in [5, 5.41) is 22.3. The Labute approximate surface area is 124 Å². The number of hydrogen-bond acceptors (Lipinski definition) is 4. The number of aliphatic hydroxyl groups excluding tert-OH is 1. The van der Waals surface area contributed by atoms with Gasteiger partial charge in [0, 0.05) is 18.7 Å². The average molecular weight is 347 g/mol. The molecule has 110 valence electrons. The summed E-state index contributed by atoms with van der Waals surface area (Å²) >= 11 is 3.27. The largest absolute Gasteiger partial charge is 0.496 e. The smallest absolute Gasteiger partial charge is 0.326 e. The van der Waals surface area contributed by atoms with Crippen molar-refractivity contribution in [3.05, 3.63) is 22.7 Å². The number of ether oxygens (including phenoxy) is 1. The Morgan fingerprint density at radius 2 is 2.15 bits per heavy atom. The second-order valence-corrected chi connectivity index (χ2v) is 4.71. The normalized spacial score (nSPS) is 11.6. The predicted molar refractivity (Wildman–Crippen MR) is 76.0 cm³/mol. The lowest BCUT2D eigenvalue weighted by Crippen LogP contribution is -2.43. The molecule has 1 aromatic carbocycles. The number of carboxylic acids is 1. The fraction of sp³-hybridized carbons (Fsp3) is 0.333. The Morgan fingerprint density at radius 1 is 1.45 bits per heavy atom. The van der Waals surface area contributed by atoms with Crippen molar-refractivity contribution in [3.63, 3.8) is 0 Å². The standard InChI is InChI=1S/C12H15BrN2O5/c1-20-10-3-2-7(6-8(10)13)14-12(19)15-9(4-5-16)11(17)18/h2-3,6,9,16H,4-5H2,1H3,(H,17,18)(H2,14,15,19). The molecule has 4 N–H and O–H groups in total. The molecule has 2 amide bonds. The third-order valence-corrected chi connectivity index (χ3v) is 3.05. The first-order valence-corrected chi connectivity index (χ1v) is 6.52. The molecular formula is C12H15BrN2O5. The monoisotopic (exact) mass is 346 g/mol. The van der Waals surface area contributed by atoms with Gasteiger partial charge in [-0.25, -0.2) is 9.59 Å². The third kappa shape index (κ3) is 4.71. The van der Waals surface area contributed by atoms with Gasteiger partial charge in [-0.15, -0.1) is 0 Å². The predicted octanol–water partition coefficient (Wildman–Crippen LogP) is 1.41.